The van der Waals surface area contributed by atoms with E-state index >= 15 is 0 Å². The van der Waals surface area contributed by atoms with Crippen molar-refractivity contribution >= 4 is 34.0 Å². The van der Waals surface area contributed by atoms with Crippen LogP contribution in [0.5, 0.6) is 5.75 Å². The molecule has 26 heavy (non-hydrogen) atoms. The Balaban J connectivity index is 1.67. The van der Waals surface area contributed by atoms with Crippen LogP contribution in [0.3, 0.4) is 0 Å². The smallest absolute Gasteiger partial charge is 0.324 e. The van der Waals surface area contributed by atoms with Crippen molar-refractivity contribution in [2.24, 2.45) is 0 Å². The predicted octanol–water partition coefficient (Wildman–Crippen LogP) is 3.45. The molecule has 0 spiro atoms. The molecule has 2 heterocycles. The Bertz CT molecular complexity index is 842. The third-order valence-electron chi connectivity index (χ3n) is 3.57. The Morgan fingerprint density at radius 1 is 1.31 bits per heavy atom. The van der Waals surface area contributed by atoms with Crippen LogP contribution in [0.25, 0.3) is 6.08 Å². The number of nitrogens with one attached hydrogen (secondary N) is 1. The van der Waals surface area contributed by atoms with Crippen molar-refractivity contribution in [1.29, 1.82) is 0 Å². The molecule has 2 aromatic rings. The maximum absolute atomic E-state index is 12.1. The molecule has 2 N–H and O–H groups in total. The van der Waals surface area contributed by atoms with Gasteiger partial charge in [0.25, 0.3) is 0 Å². The highest BCUT2D eigenvalue weighted by atomic mass is 32.1. The fraction of sp³-hybridized carbons (Fsp3) is 0.235. The molecule has 1 aromatic carbocycles. The van der Waals surface area contributed by atoms with Gasteiger partial charge in [0, 0.05) is 22.6 Å². The molecule has 1 fully saturated rings. The molecule has 0 unspecified atom stereocenters. The van der Waals surface area contributed by atoms with E-state index < -0.39 is 17.1 Å². The van der Waals surface area contributed by atoms with Crippen LogP contribution in [0.2, 0.25) is 0 Å². The summed E-state index contributed by atoms with van der Waals surface area (Å²) in [6, 6.07) is 7.65. The lowest BCUT2D eigenvalue weighted by atomic mass is 10.1. The fourth-order valence-electron chi connectivity index (χ4n) is 2.34. The Hall–Kier alpha value is -2.75. The van der Waals surface area contributed by atoms with Crippen LogP contribution >= 0.6 is 11.3 Å². The van der Waals surface area contributed by atoms with Crippen molar-refractivity contribution in [2.45, 2.75) is 12.7 Å². The molecule has 3 rings (SSSR count). The number of carbonyl (C=O) groups is 1. The number of amides is 1. The molecule has 9 heteroatoms. The van der Waals surface area contributed by atoms with E-state index in [1.165, 1.54) is 24.3 Å². The summed E-state index contributed by atoms with van der Waals surface area (Å²) in [5, 5.41) is 23.2. The van der Waals surface area contributed by atoms with E-state index in [2.05, 4.69) is 5.32 Å². The Labute approximate surface area is 152 Å². The molecule has 1 aromatic heterocycles. The zero-order valence-electron chi connectivity index (χ0n) is 13.6. The lowest BCUT2D eigenvalue weighted by Gasteiger charge is -2.24. The third-order valence-corrected chi connectivity index (χ3v) is 4.57. The van der Waals surface area contributed by atoms with Crippen LogP contribution in [0.1, 0.15) is 23.2 Å². The highest BCUT2D eigenvalue weighted by Gasteiger charge is 2.18. The lowest BCUT2D eigenvalue weighted by molar-refractivity contribution is -0.380. The first kappa shape index (κ1) is 18.1. The van der Waals surface area contributed by atoms with Gasteiger partial charge in [0.1, 0.15) is 5.75 Å². The van der Waals surface area contributed by atoms with Crippen LogP contribution in [0.4, 0.5) is 10.7 Å². The van der Waals surface area contributed by atoms with Gasteiger partial charge in [-0.25, -0.2) is 0 Å². The van der Waals surface area contributed by atoms with Crippen molar-refractivity contribution in [3.63, 3.8) is 0 Å². The molecule has 0 saturated carbocycles. The molecular weight excluding hydrogens is 360 g/mol. The van der Waals surface area contributed by atoms with Crippen molar-refractivity contribution in [2.75, 3.05) is 18.5 Å². The second-order valence-electron chi connectivity index (χ2n) is 5.46. The maximum Gasteiger partial charge on any atom is 0.324 e. The van der Waals surface area contributed by atoms with Crippen molar-refractivity contribution in [3.8, 4) is 5.75 Å². The van der Waals surface area contributed by atoms with Gasteiger partial charge >= 0.3 is 5.00 Å². The summed E-state index contributed by atoms with van der Waals surface area (Å²) in [7, 11) is 0. The highest BCUT2D eigenvalue weighted by Crippen LogP contribution is 2.30. The minimum absolute atomic E-state index is 0.00267. The van der Waals surface area contributed by atoms with Gasteiger partial charge in [0.2, 0.25) is 5.91 Å². The molecular formula is C17H16N2O6S. The normalized spacial score (nSPS) is 15.2. The first-order chi connectivity index (χ1) is 12.5. The lowest BCUT2D eigenvalue weighted by Crippen LogP contribution is -2.18. The number of phenols is 1. The van der Waals surface area contributed by atoms with Crippen LogP contribution < -0.4 is 5.32 Å². The second-order valence-corrected chi connectivity index (χ2v) is 6.55. The van der Waals surface area contributed by atoms with Crippen molar-refractivity contribution in [1.82, 2.24) is 0 Å². The fourth-order valence-corrected chi connectivity index (χ4v) is 3.07. The molecule has 136 valence electrons. The Kier molecular flexibility index (Phi) is 5.61. The minimum Gasteiger partial charge on any atom is -0.506 e. The van der Waals surface area contributed by atoms with Crippen LogP contribution in [0.15, 0.2) is 36.4 Å². The van der Waals surface area contributed by atoms with Gasteiger partial charge in [-0.15, -0.1) is 0 Å². The zero-order valence-corrected chi connectivity index (χ0v) is 14.4. The summed E-state index contributed by atoms with van der Waals surface area (Å²) >= 11 is 0.965. The maximum atomic E-state index is 12.1. The van der Waals surface area contributed by atoms with Gasteiger partial charge in [0.15, 0.2) is 6.29 Å². The largest absolute Gasteiger partial charge is 0.506 e. The molecule has 0 atom stereocenters. The number of aromatic hydroxyl groups is 1. The minimum atomic E-state index is -0.526. The number of anilines is 1. The third kappa shape index (κ3) is 4.45. The van der Waals surface area contributed by atoms with E-state index in [1.54, 1.807) is 18.2 Å². The number of ether oxygens (including phenoxy) is 2. The topological polar surface area (TPSA) is 111 Å². The average molecular weight is 376 g/mol. The SMILES string of the molecule is O=C(/C=C/c1ccc([N+](=O)[O-])s1)Nc1cc(C2OCCCO2)ccc1O. The van der Waals surface area contributed by atoms with Crippen molar-refractivity contribution < 1.29 is 24.3 Å². The number of nitro groups is 1. The van der Waals surface area contributed by atoms with Gasteiger partial charge in [-0.05, 0) is 30.7 Å². The van der Waals surface area contributed by atoms with Crippen LogP contribution in [-0.4, -0.2) is 29.2 Å². The molecule has 8 nitrogen and oxygen atoms in total. The molecule has 1 saturated heterocycles. The van der Waals surface area contributed by atoms with E-state index in [-0.39, 0.29) is 16.4 Å². The van der Waals surface area contributed by atoms with E-state index in [0.717, 1.165) is 17.8 Å². The average Bonchev–Trinajstić information content (AvgIpc) is 3.12. The monoisotopic (exact) mass is 376 g/mol. The number of hydrogen-bond acceptors (Lipinski definition) is 7. The second kappa shape index (κ2) is 8.09. The molecule has 1 aliphatic rings. The van der Waals surface area contributed by atoms with E-state index in [9.17, 15) is 20.0 Å². The zero-order chi connectivity index (χ0) is 18.5. The van der Waals surface area contributed by atoms with E-state index in [0.29, 0.717) is 23.7 Å². The van der Waals surface area contributed by atoms with Gasteiger partial charge in [-0.2, -0.15) is 0 Å². The molecule has 0 radical (unpaired) electrons. The highest BCUT2D eigenvalue weighted by molar-refractivity contribution is 7.16. The summed E-state index contributed by atoms with van der Waals surface area (Å²) in [5.74, 6) is -0.558. The summed E-state index contributed by atoms with van der Waals surface area (Å²) in [6.45, 7) is 1.17. The summed E-state index contributed by atoms with van der Waals surface area (Å²) in [5.41, 5.74) is 0.919. The van der Waals surface area contributed by atoms with Gasteiger partial charge in [0.05, 0.1) is 23.8 Å². The molecule has 1 amide bonds. The number of hydrogen-bond donors (Lipinski definition) is 2. The first-order valence-electron chi connectivity index (χ1n) is 7.82. The number of benzene rings is 1. The molecule has 1 aliphatic heterocycles. The van der Waals surface area contributed by atoms with E-state index in [1.807, 2.05) is 0 Å². The summed E-state index contributed by atoms with van der Waals surface area (Å²) in [6.07, 6.45) is 3.02. The van der Waals surface area contributed by atoms with Crippen molar-refractivity contribution in [3.05, 3.63) is 57.0 Å². The van der Waals surface area contributed by atoms with Crippen LogP contribution in [0, 0.1) is 10.1 Å². The van der Waals surface area contributed by atoms with Gasteiger partial charge < -0.3 is 19.9 Å². The summed E-state index contributed by atoms with van der Waals surface area (Å²) in [4.78, 5) is 22.8. The number of phenolic OH excluding ortho intramolecular Hbond substituents is 1. The van der Waals surface area contributed by atoms with Gasteiger partial charge in [-0.3, -0.25) is 14.9 Å². The molecule has 0 bridgehead atoms. The summed E-state index contributed by atoms with van der Waals surface area (Å²) < 4.78 is 11.0. The number of rotatable bonds is 5. The van der Waals surface area contributed by atoms with Crippen LogP contribution in [-0.2, 0) is 14.3 Å². The number of thiophene rings is 1. The Morgan fingerprint density at radius 3 is 2.77 bits per heavy atom. The number of carbonyl (C=O) groups excluding carboxylic acids is 1. The number of nitrogens with zero attached hydrogens (tertiary/aromatic N) is 1. The van der Waals surface area contributed by atoms with E-state index in [4.69, 9.17) is 9.47 Å². The van der Waals surface area contributed by atoms with Gasteiger partial charge in [-0.1, -0.05) is 17.4 Å². The predicted molar refractivity (Wildman–Crippen MR) is 96.0 cm³/mol. The Morgan fingerprint density at radius 2 is 2.08 bits per heavy atom. The quantitative estimate of drug-likeness (QED) is 0.358. The molecule has 0 aliphatic carbocycles. The first-order valence-corrected chi connectivity index (χ1v) is 8.64. The standard InChI is InChI=1S/C17H16N2O6S/c20-14-5-2-11(17-24-8-1-9-25-17)10-13(14)18-15(21)6-3-12-4-7-16(26-12)19(22)23/h2-7,10,17,20H,1,8-9H2,(H,18,21)/b6-3+.